The van der Waals surface area contributed by atoms with Crippen LogP contribution < -0.4 is 0 Å². The van der Waals surface area contributed by atoms with Gasteiger partial charge in [-0.3, -0.25) is 0 Å². The Labute approximate surface area is 156 Å². The summed E-state index contributed by atoms with van der Waals surface area (Å²) in [5, 5.41) is 22.1. The maximum absolute atomic E-state index is 14.0. The molecule has 6 heteroatoms. The zero-order valence-electron chi connectivity index (χ0n) is 13.6. The third-order valence-corrected chi connectivity index (χ3v) is 5.56. The third kappa shape index (κ3) is 4.15. The second-order valence-electron chi connectivity index (χ2n) is 6.50. The molecule has 0 bridgehead atoms. The Morgan fingerprint density at radius 1 is 1.08 bits per heavy atom. The quantitative estimate of drug-likeness (QED) is 0.833. The molecule has 1 heterocycles. The first-order valence-electron chi connectivity index (χ1n) is 8.22. The van der Waals surface area contributed by atoms with Crippen molar-refractivity contribution >= 4 is 23.2 Å². The molecule has 1 saturated heterocycles. The van der Waals surface area contributed by atoms with Crippen molar-refractivity contribution in [2.45, 2.75) is 24.5 Å². The van der Waals surface area contributed by atoms with Crippen LogP contribution in [0.2, 0.25) is 10.0 Å². The fourth-order valence-corrected chi connectivity index (χ4v) is 3.59. The molecule has 0 unspecified atom stereocenters. The molecule has 0 aromatic heterocycles. The van der Waals surface area contributed by atoms with Crippen molar-refractivity contribution in [2.75, 3.05) is 19.6 Å². The SMILES string of the molecule is O[C@H](CN1CCC(O)(c2ccccc2F)CC1)c1ccc(Cl)c(Cl)c1. The van der Waals surface area contributed by atoms with Gasteiger partial charge in [0.25, 0.3) is 0 Å². The van der Waals surface area contributed by atoms with Gasteiger partial charge in [0, 0.05) is 25.2 Å². The van der Waals surface area contributed by atoms with Crippen LogP contribution in [0.3, 0.4) is 0 Å². The summed E-state index contributed by atoms with van der Waals surface area (Å²) in [6.45, 7) is 1.57. The Balaban J connectivity index is 1.62. The van der Waals surface area contributed by atoms with Crippen molar-refractivity contribution in [2.24, 2.45) is 0 Å². The van der Waals surface area contributed by atoms with Gasteiger partial charge >= 0.3 is 0 Å². The summed E-state index contributed by atoms with van der Waals surface area (Å²) in [4.78, 5) is 2.06. The number of benzene rings is 2. The van der Waals surface area contributed by atoms with Gasteiger partial charge in [-0.15, -0.1) is 0 Å². The Bertz CT molecular complexity index is 748. The van der Waals surface area contributed by atoms with Gasteiger partial charge in [0.1, 0.15) is 5.82 Å². The molecule has 0 radical (unpaired) electrons. The predicted molar refractivity (Wildman–Crippen MR) is 97.4 cm³/mol. The Hall–Kier alpha value is -1.17. The summed E-state index contributed by atoms with van der Waals surface area (Å²) in [6, 6.07) is 11.4. The van der Waals surface area contributed by atoms with E-state index in [9.17, 15) is 14.6 Å². The maximum atomic E-state index is 14.0. The van der Waals surface area contributed by atoms with Crippen LogP contribution in [0.15, 0.2) is 42.5 Å². The number of aliphatic hydroxyl groups excluding tert-OH is 1. The van der Waals surface area contributed by atoms with Crippen LogP contribution in [0.25, 0.3) is 0 Å². The van der Waals surface area contributed by atoms with Crippen molar-refractivity contribution in [3.05, 3.63) is 69.5 Å². The van der Waals surface area contributed by atoms with Crippen molar-refractivity contribution in [3.8, 4) is 0 Å². The Morgan fingerprint density at radius 2 is 1.76 bits per heavy atom. The minimum Gasteiger partial charge on any atom is -0.387 e. The number of piperidine rings is 1. The van der Waals surface area contributed by atoms with Gasteiger partial charge in [-0.2, -0.15) is 0 Å². The van der Waals surface area contributed by atoms with Crippen molar-refractivity contribution in [1.82, 2.24) is 4.90 Å². The third-order valence-electron chi connectivity index (χ3n) is 4.82. The average Bonchev–Trinajstić information content (AvgIpc) is 2.60. The van der Waals surface area contributed by atoms with E-state index >= 15 is 0 Å². The molecule has 25 heavy (non-hydrogen) atoms. The minimum absolute atomic E-state index is 0.347. The summed E-state index contributed by atoms with van der Waals surface area (Å²) >= 11 is 11.9. The molecule has 1 aliphatic rings. The standard InChI is InChI=1S/C19H20Cl2FNO2/c20-15-6-5-13(11-16(15)21)18(24)12-23-9-7-19(25,8-10-23)14-3-1-2-4-17(14)22/h1-6,11,18,24-25H,7-10,12H2/t18-/m1/s1. The molecule has 3 rings (SSSR count). The number of hydrogen-bond acceptors (Lipinski definition) is 3. The highest BCUT2D eigenvalue weighted by Crippen LogP contribution is 2.35. The number of hydrogen-bond donors (Lipinski definition) is 2. The van der Waals surface area contributed by atoms with E-state index in [1.54, 1.807) is 36.4 Å². The van der Waals surface area contributed by atoms with Crippen molar-refractivity contribution < 1.29 is 14.6 Å². The number of aliphatic hydroxyl groups is 2. The van der Waals surface area contributed by atoms with Gasteiger partial charge in [0.05, 0.1) is 21.8 Å². The fraction of sp³-hybridized carbons (Fsp3) is 0.368. The van der Waals surface area contributed by atoms with E-state index in [-0.39, 0.29) is 5.82 Å². The van der Waals surface area contributed by atoms with E-state index in [2.05, 4.69) is 4.90 Å². The van der Waals surface area contributed by atoms with Crippen LogP contribution in [0.1, 0.15) is 30.1 Å². The maximum Gasteiger partial charge on any atom is 0.129 e. The normalized spacial score (nSPS) is 18.9. The van der Waals surface area contributed by atoms with E-state index in [4.69, 9.17) is 23.2 Å². The van der Waals surface area contributed by atoms with E-state index in [1.807, 2.05) is 0 Å². The number of likely N-dealkylation sites (tertiary alicyclic amines) is 1. The average molecular weight is 384 g/mol. The van der Waals surface area contributed by atoms with E-state index < -0.39 is 11.7 Å². The molecule has 1 atom stereocenters. The molecular weight excluding hydrogens is 364 g/mol. The van der Waals surface area contributed by atoms with Gasteiger partial charge in [0.2, 0.25) is 0 Å². The monoisotopic (exact) mass is 383 g/mol. The Morgan fingerprint density at radius 3 is 2.40 bits per heavy atom. The lowest BCUT2D eigenvalue weighted by molar-refractivity contribution is -0.0367. The lowest BCUT2D eigenvalue weighted by atomic mass is 9.84. The number of halogens is 3. The van der Waals surface area contributed by atoms with Gasteiger partial charge in [-0.05, 0) is 36.6 Å². The van der Waals surface area contributed by atoms with Crippen LogP contribution in [-0.2, 0) is 5.60 Å². The largest absolute Gasteiger partial charge is 0.387 e. The minimum atomic E-state index is -1.16. The Kier molecular flexibility index (Phi) is 5.66. The van der Waals surface area contributed by atoms with E-state index in [1.165, 1.54) is 6.07 Å². The molecule has 2 N–H and O–H groups in total. The van der Waals surface area contributed by atoms with Crippen molar-refractivity contribution in [3.63, 3.8) is 0 Å². The predicted octanol–water partition coefficient (Wildman–Crippen LogP) is 4.15. The number of nitrogens with zero attached hydrogens (tertiary/aromatic N) is 1. The first kappa shape index (κ1) is 18.6. The number of β-amino-alcohol motifs (C(OH)–C–C–N with tert-alkyl or cyclic N) is 1. The van der Waals surface area contributed by atoms with Gasteiger partial charge in [0.15, 0.2) is 0 Å². The molecule has 2 aromatic carbocycles. The summed E-state index contributed by atoms with van der Waals surface area (Å²) in [5.74, 6) is -0.380. The lowest BCUT2D eigenvalue weighted by Gasteiger charge is -2.39. The van der Waals surface area contributed by atoms with Gasteiger partial charge in [-0.1, -0.05) is 47.5 Å². The van der Waals surface area contributed by atoms with E-state index in [0.717, 1.165) is 0 Å². The highest BCUT2D eigenvalue weighted by Gasteiger charge is 2.36. The van der Waals surface area contributed by atoms with Crippen LogP contribution in [0, 0.1) is 5.82 Å². The first-order valence-corrected chi connectivity index (χ1v) is 8.97. The second-order valence-corrected chi connectivity index (χ2v) is 7.32. The summed E-state index contributed by atoms with van der Waals surface area (Å²) in [7, 11) is 0. The smallest absolute Gasteiger partial charge is 0.129 e. The van der Waals surface area contributed by atoms with Gasteiger partial charge < -0.3 is 15.1 Å². The molecule has 134 valence electrons. The van der Waals surface area contributed by atoms with Crippen LogP contribution >= 0.6 is 23.2 Å². The summed E-state index contributed by atoms with van der Waals surface area (Å²) < 4.78 is 14.0. The zero-order valence-corrected chi connectivity index (χ0v) is 15.1. The second kappa shape index (κ2) is 7.60. The molecule has 1 aliphatic heterocycles. The van der Waals surface area contributed by atoms with Crippen molar-refractivity contribution in [1.29, 1.82) is 0 Å². The van der Waals surface area contributed by atoms with Crippen LogP contribution in [-0.4, -0.2) is 34.7 Å². The topological polar surface area (TPSA) is 43.7 Å². The van der Waals surface area contributed by atoms with E-state index in [0.29, 0.717) is 53.6 Å². The molecule has 0 saturated carbocycles. The molecule has 0 aliphatic carbocycles. The highest BCUT2D eigenvalue weighted by molar-refractivity contribution is 6.42. The zero-order chi connectivity index (χ0) is 18.0. The molecule has 3 nitrogen and oxygen atoms in total. The van der Waals surface area contributed by atoms with Gasteiger partial charge in [-0.25, -0.2) is 4.39 Å². The first-order chi connectivity index (χ1) is 11.9. The molecule has 0 amide bonds. The lowest BCUT2D eigenvalue weighted by Crippen LogP contribution is -2.44. The highest BCUT2D eigenvalue weighted by atomic mass is 35.5. The van der Waals surface area contributed by atoms with Crippen LogP contribution in [0.4, 0.5) is 4.39 Å². The molecule has 0 spiro atoms. The molecule has 1 fully saturated rings. The fourth-order valence-electron chi connectivity index (χ4n) is 3.28. The molecular formula is C19H20Cl2FNO2. The summed E-state index contributed by atoms with van der Waals surface area (Å²) in [6.07, 6.45) is 0.138. The molecule has 2 aromatic rings. The summed E-state index contributed by atoms with van der Waals surface area (Å²) in [5.41, 5.74) is -0.111. The van der Waals surface area contributed by atoms with Crippen LogP contribution in [0.5, 0.6) is 0 Å². The number of rotatable bonds is 4.